The summed E-state index contributed by atoms with van der Waals surface area (Å²) in [4.78, 5) is 33.4. The molecule has 1 aliphatic heterocycles. The van der Waals surface area contributed by atoms with Crippen LogP contribution in [0.1, 0.15) is 24.0 Å². The van der Waals surface area contributed by atoms with Gasteiger partial charge in [0.1, 0.15) is 0 Å². The lowest BCUT2D eigenvalue weighted by Gasteiger charge is -2.22. The average Bonchev–Trinajstić information content (AvgIpc) is 2.39. The van der Waals surface area contributed by atoms with Crippen molar-refractivity contribution in [1.82, 2.24) is 10.6 Å². The van der Waals surface area contributed by atoms with E-state index in [4.69, 9.17) is 5.11 Å². The SMILES string of the molecule is O=C(O)Cc1ccccc1CNC1CCC(=O)NC1=O. The van der Waals surface area contributed by atoms with Crippen molar-refractivity contribution in [2.45, 2.75) is 31.8 Å². The summed E-state index contributed by atoms with van der Waals surface area (Å²) in [7, 11) is 0. The molecule has 2 rings (SSSR count). The number of aliphatic carboxylic acids is 1. The van der Waals surface area contributed by atoms with Gasteiger partial charge in [-0.2, -0.15) is 0 Å². The Balaban J connectivity index is 1.98. The highest BCUT2D eigenvalue weighted by Gasteiger charge is 2.25. The number of imide groups is 1. The molecule has 1 atom stereocenters. The summed E-state index contributed by atoms with van der Waals surface area (Å²) in [6.07, 6.45) is 0.735. The highest BCUT2D eigenvalue weighted by molar-refractivity contribution is 6.00. The number of nitrogens with one attached hydrogen (secondary N) is 2. The Labute approximate surface area is 116 Å². The fraction of sp³-hybridized carbons (Fsp3) is 0.357. The van der Waals surface area contributed by atoms with Gasteiger partial charge in [-0.05, 0) is 17.5 Å². The number of carboxylic acid groups (broad SMARTS) is 1. The Kier molecular flexibility index (Phi) is 4.47. The van der Waals surface area contributed by atoms with Gasteiger partial charge in [-0.25, -0.2) is 0 Å². The minimum atomic E-state index is -0.890. The largest absolute Gasteiger partial charge is 0.481 e. The monoisotopic (exact) mass is 276 g/mol. The van der Waals surface area contributed by atoms with Crippen LogP contribution in [0, 0.1) is 0 Å². The van der Waals surface area contributed by atoms with E-state index in [-0.39, 0.29) is 18.2 Å². The van der Waals surface area contributed by atoms with E-state index in [1.54, 1.807) is 12.1 Å². The molecule has 20 heavy (non-hydrogen) atoms. The van der Waals surface area contributed by atoms with Crippen LogP contribution in [-0.4, -0.2) is 28.9 Å². The summed E-state index contributed by atoms with van der Waals surface area (Å²) in [5, 5.41) is 14.2. The molecule has 1 aliphatic rings. The molecule has 1 saturated heterocycles. The average molecular weight is 276 g/mol. The van der Waals surface area contributed by atoms with Crippen molar-refractivity contribution in [3.05, 3.63) is 35.4 Å². The lowest BCUT2D eigenvalue weighted by atomic mass is 10.0. The van der Waals surface area contributed by atoms with E-state index in [0.717, 1.165) is 11.1 Å². The van der Waals surface area contributed by atoms with E-state index in [1.807, 2.05) is 12.1 Å². The Morgan fingerprint density at radius 1 is 1.30 bits per heavy atom. The van der Waals surface area contributed by atoms with Crippen LogP contribution in [0.2, 0.25) is 0 Å². The number of rotatable bonds is 5. The smallest absolute Gasteiger partial charge is 0.307 e. The van der Waals surface area contributed by atoms with Crippen LogP contribution in [-0.2, 0) is 27.3 Å². The molecule has 1 fully saturated rings. The summed E-state index contributed by atoms with van der Waals surface area (Å²) in [6.45, 7) is 0.399. The highest BCUT2D eigenvalue weighted by atomic mass is 16.4. The first-order valence-electron chi connectivity index (χ1n) is 6.42. The maximum absolute atomic E-state index is 11.6. The highest BCUT2D eigenvalue weighted by Crippen LogP contribution is 2.11. The van der Waals surface area contributed by atoms with Gasteiger partial charge < -0.3 is 10.4 Å². The van der Waals surface area contributed by atoms with Crippen LogP contribution in [0.15, 0.2) is 24.3 Å². The summed E-state index contributed by atoms with van der Waals surface area (Å²) in [6, 6.07) is 6.79. The molecule has 0 bridgehead atoms. The molecule has 6 nitrogen and oxygen atoms in total. The van der Waals surface area contributed by atoms with Crippen LogP contribution in [0.25, 0.3) is 0 Å². The van der Waals surface area contributed by atoms with Crippen LogP contribution < -0.4 is 10.6 Å². The number of piperidine rings is 1. The van der Waals surface area contributed by atoms with Gasteiger partial charge in [0.15, 0.2) is 0 Å². The Hall–Kier alpha value is -2.21. The van der Waals surface area contributed by atoms with E-state index in [1.165, 1.54) is 0 Å². The molecule has 6 heteroatoms. The van der Waals surface area contributed by atoms with Gasteiger partial charge >= 0.3 is 5.97 Å². The minimum Gasteiger partial charge on any atom is -0.481 e. The molecular weight excluding hydrogens is 260 g/mol. The fourth-order valence-corrected chi connectivity index (χ4v) is 2.19. The fourth-order valence-electron chi connectivity index (χ4n) is 2.19. The number of carboxylic acids is 1. The van der Waals surface area contributed by atoms with Gasteiger partial charge in [0.2, 0.25) is 11.8 Å². The summed E-state index contributed by atoms with van der Waals surface area (Å²) in [5.74, 6) is -1.46. The lowest BCUT2D eigenvalue weighted by molar-refractivity contribution is -0.137. The van der Waals surface area contributed by atoms with Crippen molar-refractivity contribution in [3.63, 3.8) is 0 Å². The third-order valence-electron chi connectivity index (χ3n) is 3.24. The molecule has 106 valence electrons. The van der Waals surface area contributed by atoms with Crippen LogP contribution >= 0.6 is 0 Å². The first-order valence-corrected chi connectivity index (χ1v) is 6.42. The van der Waals surface area contributed by atoms with E-state index in [0.29, 0.717) is 19.4 Å². The van der Waals surface area contributed by atoms with E-state index < -0.39 is 12.0 Å². The number of hydrogen-bond acceptors (Lipinski definition) is 4. The molecule has 1 aromatic carbocycles. The van der Waals surface area contributed by atoms with Crippen LogP contribution in [0.5, 0.6) is 0 Å². The Bertz CT molecular complexity index is 542. The number of amides is 2. The summed E-state index contributed by atoms with van der Waals surface area (Å²) >= 11 is 0. The quantitative estimate of drug-likeness (QED) is 0.668. The number of benzene rings is 1. The van der Waals surface area contributed by atoms with Gasteiger partial charge in [0, 0.05) is 13.0 Å². The van der Waals surface area contributed by atoms with Crippen LogP contribution in [0.4, 0.5) is 0 Å². The molecule has 1 heterocycles. The second kappa shape index (κ2) is 6.29. The van der Waals surface area contributed by atoms with Crippen molar-refractivity contribution in [2.24, 2.45) is 0 Å². The van der Waals surface area contributed by atoms with E-state index in [9.17, 15) is 14.4 Å². The second-order valence-corrected chi connectivity index (χ2v) is 4.72. The lowest BCUT2D eigenvalue weighted by Crippen LogP contribution is -2.50. The third kappa shape index (κ3) is 3.64. The standard InChI is InChI=1S/C14H16N2O4/c17-12-6-5-11(14(20)16-12)15-8-10-4-2-1-3-9(10)7-13(18)19/h1-4,11,15H,5-8H2,(H,18,19)(H,16,17,20). The zero-order valence-corrected chi connectivity index (χ0v) is 10.9. The van der Waals surface area contributed by atoms with E-state index >= 15 is 0 Å². The van der Waals surface area contributed by atoms with Crippen molar-refractivity contribution in [3.8, 4) is 0 Å². The molecule has 2 amide bonds. The molecule has 0 aliphatic carbocycles. The minimum absolute atomic E-state index is 0.0484. The summed E-state index contributed by atoms with van der Waals surface area (Å²) < 4.78 is 0. The van der Waals surface area contributed by atoms with Gasteiger partial charge in [0.05, 0.1) is 12.5 Å². The Morgan fingerprint density at radius 3 is 2.65 bits per heavy atom. The van der Waals surface area contributed by atoms with Crippen molar-refractivity contribution in [2.75, 3.05) is 0 Å². The first-order chi connectivity index (χ1) is 9.56. The molecular formula is C14H16N2O4. The molecule has 1 unspecified atom stereocenters. The first kappa shape index (κ1) is 14.2. The van der Waals surface area contributed by atoms with Gasteiger partial charge in [-0.15, -0.1) is 0 Å². The van der Waals surface area contributed by atoms with Crippen molar-refractivity contribution >= 4 is 17.8 Å². The zero-order valence-electron chi connectivity index (χ0n) is 10.9. The topological polar surface area (TPSA) is 95.5 Å². The molecule has 1 aromatic rings. The van der Waals surface area contributed by atoms with Crippen LogP contribution in [0.3, 0.4) is 0 Å². The van der Waals surface area contributed by atoms with Gasteiger partial charge in [-0.3, -0.25) is 19.7 Å². The van der Waals surface area contributed by atoms with E-state index in [2.05, 4.69) is 10.6 Å². The molecule has 0 aromatic heterocycles. The normalized spacial score (nSPS) is 18.7. The van der Waals surface area contributed by atoms with Crippen molar-refractivity contribution in [1.29, 1.82) is 0 Å². The summed E-state index contributed by atoms with van der Waals surface area (Å²) in [5.41, 5.74) is 1.57. The third-order valence-corrected chi connectivity index (χ3v) is 3.24. The second-order valence-electron chi connectivity index (χ2n) is 4.72. The maximum atomic E-state index is 11.6. The van der Waals surface area contributed by atoms with Gasteiger partial charge in [-0.1, -0.05) is 24.3 Å². The molecule has 0 spiro atoms. The number of carbonyl (C=O) groups excluding carboxylic acids is 2. The number of carbonyl (C=O) groups is 3. The zero-order chi connectivity index (χ0) is 14.5. The number of hydrogen-bond donors (Lipinski definition) is 3. The predicted molar refractivity (Wildman–Crippen MR) is 70.8 cm³/mol. The molecule has 0 saturated carbocycles. The Morgan fingerprint density at radius 2 is 2.00 bits per heavy atom. The van der Waals surface area contributed by atoms with Crippen molar-refractivity contribution < 1.29 is 19.5 Å². The molecule has 3 N–H and O–H groups in total. The maximum Gasteiger partial charge on any atom is 0.307 e. The predicted octanol–water partition coefficient (Wildman–Crippen LogP) is 0.209. The molecule has 0 radical (unpaired) electrons. The van der Waals surface area contributed by atoms with Gasteiger partial charge in [0.25, 0.3) is 0 Å².